The van der Waals surface area contributed by atoms with Crippen molar-refractivity contribution >= 4 is 5.82 Å². The lowest BCUT2D eigenvalue weighted by molar-refractivity contribution is 0.583. The summed E-state index contributed by atoms with van der Waals surface area (Å²) in [5, 5.41) is 7.90. The van der Waals surface area contributed by atoms with Crippen molar-refractivity contribution in [1.29, 1.82) is 0 Å². The Hall–Kier alpha value is -1.98. The van der Waals surface area contributed by atoms with Crippen LogP contribution in [0.5, 0.6) is 0 Å². The van der Waals surface area contributed by atoms with Crippen LogP contribution < -0.4 is 5.73 Å². The Bertz CT molecular complexity index is 470. The van der Waals surface area contributed by atoms with Crippen LogP contribution in [0, 0.1) is 6.92 Å². The first-order chi connectivity index (χ1) is 7.70. The second-order valence-electron chi connectivity index (χ2n) is 3.57. The van der Waals surface area contributed by atoms with Crippen LogP contribution in [0.1, 0.15) is 19.2 Å². The lowest BCUT2D eigenvalue weighted by Gasteiger charge is -2.05. The number of hydrogen-bond acceptors (Lipinski definition) is 5. The number of nitrogen functional groups attached to an aromatic ring is 1. The molecule has 0 aliphatic heterocycles. The molecule has 2 N–H and O–H groups in total. The number of anilines is 1. The van der Waals surface area contributed by atoms with Gasteiger partial charge in [-0.05, 0) is 13.3 Å². The third-order valence-electron chi connectivity index (χ3n) is 2.17. The molecular formula is C10H14N6. The minimum Gasteiger partial charge on any atom is -0.384 e. The molecule has 84 valence electrons. The first-order valence-corrected chi connectivity index (χ1v) is 5.20. The molecule has 0 aromatic carbocycles. The molecule has 2 rings (SSSR count). The van der Waals surface area contributed by atoms with E-state index in [-0.39, 0.29) is 0 Å². The van der Waals surface area contributed by atoms with Gasteiger partial charge in [0.05, 0.1) is 11.9 Å². The van der Waals surface area contributed by atoms with Crippen LogP contribution in [-0.4, -0.2) is 25.0 Å². The Morgan fingerprint density at radius 3 is 2.88 bits per heavy atom. The van der Waals surface area contributed by atoms with Gasteiger partial charge in [0, 0.05) is 12.6 Å². The number of hydrogen-bond donors (Lipinski definition) is 1. The number of aromatic nitrogens is 5. The number of rotatable bonds is 3. The predicted octanol–water partition coefficient (Wildman–Crippen LogP) is 1.04. The second kappa shape index (κ2) is 4.26. The molecule has 0 bridgehead atoms. The fraction of sp³-hybridized carbons (Fsp3) is 0.400. The molecule has 2 heterocycles. The number of nitrogens with two attached hydrogens (primary N) is 1. The average Bonchev–Trinajstić information content (AvgIpc) is 2.65. The monoisotopic (exact) mass is 218 g/mol. The topological polar surface area (TPSA) is 82.5 Å². The van der Waals surface area contributed by atoms with Crippen LogP contribution in [0.3, 0.4) is 0 Å². The van der Waals surface area contributed by atoms with Crippen LogP contribution in [0.25, 0.3) is 11.4 Å². The molecule has 16 heavy (non-hydrogen) atoms. The van der Waals surface area contributed by atoms with Gasteiger partial charge in [0.25, 0.3) is 0 Å². The summed E-state index contributed by atoms with van der Waals surface area (Å²) < 4.78 is 1.82. The molecule has 0 fully saturated rings. The molecule has 0 unspecified atom stereocenters. The standard InChI is InChI=1S/C10H14N6/c1-3-4-16-9(6-12-15-16)8-5-10(11)14-7(2)13-8/h5-6H,3-4H2,1-2H3,(H2,11,13,14). The summed E-state index contributed by atoms with van der Waals surface area (Å²) in [7, 11) is 0. The van der Waals surface area contributed by atoms with E-state index in [1.54, 1.807) is 12.3 Å². The molecule has 2 aromatic heterocycles. The van der Waals surface area contributed by atoms with E-state index in [4.69, 9.17) is 5.73 Å². The highest BCUT2D eigenvalue weighted by molar-refractivity contribution is 5.56. The Morgan fingerprint density at radius 2 is 2.19 bits per heavy atom. The van der Waals surface area contributed by atoms with Crippen LogP contribution in [0.2, 0.25) is 0 Å². The highest BCUT2D eigenvalue weighted by Crippen LogP contribution is 2.17. The largest absolute Gasteiger partial charge is 0.384 e. The quantitative estimate of drug-likeness (QED) is 0.832. The summed E-state index contributed by atoms with van der Waals surface area (Å²) in [5.41, 5.74) is 7.33. The van der Waals surface area contributed by atoms with Gasteiger partial charge in [0.2, 0.25) is 0 Å². The Labute approximate surface area is 93.5 Å². The van der Waals surface area contributed by atoms with Gasteiger partial charge in [-0.3, -0.25) is 0 Å². The van der Waals surface area contributed by atoms with Crippen LogP contribution in [0.4, 0.5) is 5.82 Å². The predicted molar refractivity (Wildman–Crippen MR) is 60.5 cm³/mol. The van der Waals surface area contributed by atoms with E-state index in [2.05, 4.69) is 27.2 Å². The molecule has 0 saturated carbocycles. The summed E-state index contributed by atoms with van der Waals surface area (Å²) in [6.07, 6.45) is 2.69. The van der Waals surface area contributed by atoms with Gasteiger partial charge >= 0.3 is 0 Å². The SMILES string of the molecule is CCCn1nncc1-c1cc(N)nc(C)n1. The zero-order valence-corrected chi connectivity index (χ0v) is 9.38. The normalized spacial score (nSPS) is 10.6. The molecule has 0 aliphatic rings. The third-order valence-corrected chi connectivity index (χ3v) is 2.17. The van der Waals surface area contributed by atoms with Crippen molar-refractivity contribution in [2.24, 2.45) is 0 Å². The van der Waals surface area contributed by atoms with Crippen molar-refractivity contribution < 1.29 is 0 Å². The molecule has 6 heteroatoms. The number of nitrogens with zero attached hydrogens (tertiary/aromatic N) is 5. The molecule has 0 atom stereocenters. The molecule has 0 aliphatic carbocycles. The van der Waals surface area contributed by atoms with E-state index in [0.717, 1.165) is 24.4 Å². The van der Waals surface area contributed by atoms with E-state index < -0.39 is 0 Å². The molecule has 0 saturated heterocycles. The van der Waals surface area contributed by atoms with Crippen molar-refractivity contribution in [1.82, 2.24) is 25.0 Å². The van der Waals surface area contributed by atoms with Gasteiger partial charge in [0.15, 0.2) is 0 Å². The van der Waals surface area contributed by atoms with Gasteiger partial charge in [-0.15, -0.1) is 5.10 Å². The van der Waals surface area contributed by atoms with Crippen LogP contribution >= 0.6 is 0 Å². The Morgan fingerprint density at radius 1 is 1.38 bits per heavy atom. The van der Waals surface area contributed by atoms with E-state index in [1.165, 1.54) is 0 Å². The lowest BCUT2D eigenvalue weighted by Crippen LogP contribution is -2.04. The maximum atomic E-state index is 5.69. The summed E-state index contributed by atoms with van der Waals surface area (Å²) in [5.74, 6) is 1.12. The van der Waals surface area contributed by atoms with Crippen molar-refractivity contribution in [3.8, 4) is 11.4 Å². The minimum atomic E-state index is 0.465. The summed E-state index contributed by atoms with van der Waals surface area (Å²) >= 11 is 0. The molecular weight excluding hydrogens is 204 g/mol. The van der Waals surface area contributed by atoms with E-state index >= 15 is 0 Å². The molecule has 6 nitrogen and oxygen atoms in total. The highest BCUT2D eigenvalue weighted by Gasteiger charge is 2.09. The van der Waals surface area contributed by atoms with Gasteiger partial charge in [-0.1, -0.05) is 12.1 Å². The second-order valence-corrected chi connectivity index (χ2v) is 3.57. The number of aryl methyl sites for hydroxylation is 2. The van der Waals surface area contributed by atoms with Crippen molar-refractivity contribution in [3.05, 3.63) is 18.1 Å². The van der Waals surface area contributed by atoms with Crippen molar-refractivity contribution in [3.63, 3.8) is 0 Å². The van der Waals surface area contributed by atoms with E-state index in [9.17, 15) is 0 Å². The average molecular weight is 218 g/mol. The smallest absolute Gasteiger partial charge is 0.128 e. The van der Waals surface area contributed by atoms with Crippen LogP contribution in [-0.2, 0) is 6.54 Å². The van der Waals surface area contributed by atoms with Gasteiger partial charge < -0.3 is 5.73 Å². The summed E-state index contributed by atoms with van der Waals surface area (Å²) in [6.45, 7) is 4.72. The lowest BCUT2D eigenvalue weighted by atomic mass is 10.3. The van der Waals surface area contributed by atoms with E-state index in [0.29, 0.717) is 11.6 Å². The first-order valence-electron chi connectivity index (χ1n) is 5.20. The van der Waals surface area contributed by atoms with Gasteiger partial charge in [0.1, 0.15) is 17.3 Å². The molecule has 0 spiro atoms. The zero-order valence-electron chi connectivity index (χ0n) is 9.38. The van der Waals surface area contributed by atoms with Gasteiger partial charge in [-0.2, -0.15) is 0 Å². The molecule has 2 aromatic rings. The Kier molecular flexibility index (Phi) is 2.80. The van der Waals surface area contributed by atoms with Gasteiger partial charge in [-0.25, -0.2) is 14.6 Å². The summed E-state index contributed by atoms with van der Waals surface area (Å²) in [6, 6.07) is 1.73. The highest BCUT2D eigenvalue weighted by atomic mass is 15.4. The molecule has 0 amide bonds. The molecule has 0 radical (unpaired) electrons. The third kappa shape index (κ3) is 2.00. The maximum Gasteiger partial charge on any atom is 0.128 e. The minimum absolute atomic E-state index is 0.465. The fourth-order valence-corrected chi connectivity index (χ4v) is 1.56. The maximum absolute atomic E-state index is 5.69. The van der Waals surface area contributed by atoms with Crippen LogP contribution in [0.15, 0.2) is 12.3 Å². The first kappa shape index (κ1) is 10.5. The van der Waals surface area contributed by atoms with E-state index in [1.807, 2.05) is 11.6 Å². The summed E-state index contributed by atoms with van der Waals surface area (Å²) in [4.78, 5) is 8.36. The Balaban J connectivity index is 2.45. The van der Waals surface area contributed by atoms with Crippen molar-refractivity contribution in [2.45, 2.75) is 26.8 Å². The fourth-order valence-electron chi connectivity index (χ4n) is 1.56. The zero-order chi connectivity index (χ0) is 11.5. The van der Waals surface area contributed by atoms with Crippen molar-refractivity contribution in [2.75, 3.05) is 5.73 Å².